The van der Waals surface area contributed by atoms with E-state index >= 15 is 0 Å². The Balaban J connectivity index is 1.99. The first-order chi connectivity index (χ1) is 11.0. The molecule has 1 heterocycles. The van der Waals surface area contributed by atoms with Crippen LogP contribution in [0.3, 0.4) is 0 Å². The number of rotatable bonds is 5. The van der Waals surface area contributed by atoms with E-state index in [9.17, 15) is 9.59 Å². The van der Waals surface area contributed by atoms with Crippen molar-refractivity contribution >= 4 is 23.7 Å². The first kappa shape index (κ1) is 17.0. The van der Waals surface area contributed by atoms with Gasteiger partial charge in [0.15, 0.2) is 5.16 Å². The molecular weight excluding hydrogens is 314 g/mol. The summed E-state index contributed by atoms with van der Waals surface area (Å²) in [4.78, 5) is 22.6. The molecule has 7 nitrogen and oxygen atoms in total. The number of hydrogen-bond acceptors (Lipinski definition) is 5. The second-order valence-electron chi connectivity index (χ2n) is 5.00. The molecule has 0 saturated carbocycles. The van der Waals surface area contributed by atoms with Gasteiger partial charge in [-0.25, -0.2) is 4.79 Å². The molecule has 1 aromatic carbocycles. The minimum atomic E-state index is -0.501. The molecule has 0 radical (unpaired) electrons. The molecule has 0 bridgehead atoms. The summed E-state index contributed by atoms with van der Waals surface area (Å²) >= 11 is 1.42. The summed E-state index contributed by atoms with van der Waals surface area (Å²) in [5.41, 5.74) is 3.33. The molecule has 23 heavy (non-hydrogen) atoms. The van der Waals surface area contributed by atoms with Crippen LogP contribution in [0, 0.1) is 13.8 Å². The summed E-state index contributed by atoms with van der Waals surface area (Å²) < 4.78 is 1.90. The maximum absolute atomic E-state index is 11.6. The van der Waals surface area contributed by atoms with Crippen molar-refractivity contribution in [1.82, 2.24) is 25.4 Å². The van der Waals surface area contributed by atoms with Gasteiger partial charge in [0.2, 0.25) is 5.91 Å². The van der Waals surface area contributed by atoms with Gasteiger partial charge >= 0.3 is 6.03 Å². The van der Waals surface area contributed by atoms with Crippen LogP contribution in [-0.4, -0.2) is 39.5 Å². The van der Waals surface area contributed by atoms with E-state index in [1.807, 2.05) is 30.5 Å². The van der Waals surface area contributed by atoms with E-state index in [1.54, 1.807) is 6.33 Å². The molecule has 122 valence electrons. The molecule has 0 spiro atoms. The average Bonchev–Trinajstić information content (AvgIpc) is 2.95. The second kappa shape index (κ2) is 7.77. The number of amides is 3. The van der Waals surface area contributed by atoms with Gasteiger partial charge in [0.05, 0.1) is 5.69 Å². The van der Waals surface area contributed by atoms with Gasteiger partial charge in [-0.2, -0.15) is 0 Å². The number of carbonyl (C=O) groups excluding carboxylic acids is 2. The van der Waals surface area contributed by atoms with E-state index in [4.69, 9.17) is 0 Å². The SMILES string of the molecule is CNC(=O)NC(=O)CCSc1nncn1-c1ccc(C)cc1C. The molecule has 2 N–H and O–H groups in total. The van der Waals surface area contributed by atoms with Crippen LogP contribution >= 0.6 is 11.8 Å². The first-order valence-electron chi connectivity index (χ1n) is 7.13. The standard InChI is InChI=1S/C15H19N5O2S/c1-10-4-5-12(11(2)8-10)20-9-17-19-15(20)23-7-6-13(21)18-14(22)16-3/h4-5,8-9H,6-7H2,1-3H3,(H2,16,18,21,22). The van der Waals surface area contributed by atoms with Gasteiger partial charge < -0.3 is 5.32 Å². The lowest BCUT2D eigenvalue weighted by Gasteiger charge is -2.10. The van der Waals surface area contributed by atoms with Crippen LogP contribution in [0.25, 0.3) is 5.69 Å². The van der Waals surface area contributed by atoms with Crippen molar-refractivity contribution in [3.05, 3.63) is 35.7 Å². The summed E-state index contributed by atoms with van der Waals surface area (Å²) in [6.45, 7) is 4.08. The van der Waals surface area contributed by atoms with Crippen molar-refractivity contribution in [1.29, 1.82) is 0 Å². The van der Waals surface area contributed by atoms with Crippen LogP contribution in [0.15, 0.2) is 29.7 Å². The van der Waals surface area contributed by atoms with Gasteiger partial charge in [0.25, 0.3) is 0 Å². The molecule has 0 fully saturated rings. The predicted octanol–water partition coefficient (Wildman–Crippen LogP) is 1.82. The smallest absolute Gasteiger partial charge is 0.321 e. The highest BCUT2D eigenvalue weighted by Gasteiger charge is 2.11. The number of nitrogens with one attached hydrogen (secondary N) is 2. The zero-order valence-corrected chi connectivity index (χ0v) is 14.1. The Labute approximate surface area is 138 Å². The number of benzene rings is 1. The fourth-order valence-electron chi connectivity index (χ4n) is 2.05. The van der Waals surface area contributed by atoms with Crippen LogP contribution < -0.4 is 10.6 Å². The number of imide groups is 1. The van der Waals surface area contributed by atoms with Gasteiger partial charge in [0.1, 0.15) is 6.33 Å². The monoisotopic (exact) mass is 333 g/mol. The molecule has 3 amide bonds. The number of carbonyl (C=O) groups is 2. The van der Waals surface area contributed by atoms with Gasteiger partial charge in [-0.3, -0.25) is 14.7 Å². The number of hydrogen-bond donors (Lipinski definition) is 2. The van der Waals surface area contributed by atoms with E-state index in [2.05, 4.69) is 26.9 Å². The normalized spacial score (nSPS) is 10.4. The summed E-state index contributed by atoms with van der Waals surface area (Å²) in [7, 11) is 1.46. The number of aryl methyl sites for hydroxylation is 2. The van der Waals surface area contributed by atoms with Crippen molar-refractivity contribution in [2.45, 2.75) is 25.4 Å². The Hall–Kier alpha value is -2.35. The van der Waals surface area contributed by atoms with Crippen molar-refractivity contribution in [3.63, 3.8) is 0 Å². The van der Waals surface area contributed by atoms with Crippen LogP contribution in [-0.2, 0) is 4.79 Å². The van der Waals surface area contributed by atoms with Crippen LogP contribution in [0.5, 0.6) is 0 Å². The van der Waals surface area contributed by atoms with Crippen molar-refractivity contribution in [2.24, 2.45) is 0 Å². The zero-order chi connectivity index (χ0) is 16.8. The number of nitrogens with zero attached hydrogens (tertiary/aromatic N) is 3. The van der Waals surface area contributed by atoms with E-state index in [0.29, 0.717) is 10.9 Å². The maximum atomic E-state index is 11.6. The lowest BCUT2D eigenvalue weighted by Crippen LogP contribution is -2.37. The quantitative estimate of drug-likeness (QED) is 0.815. The van der Waals surface area contributed by atoms with E-state index in [-0.39, 0.29) is 12.3 Å². The second-order valence-corrected chi connectivity index (χ2v) is 6.06. The highest BCUT2D eigenvalue weighted by molar-refractivity contribution is 7.99. The fraction of sp³-hybridized carbons (Fsp3) is 0.333. The van der Waals surface area contributed by atoms with Crippen molar-refractivity contribution in [3.8, 4) is 5.69 Å². The maximum Gasteiger partial charge on any atom is 0.321 e. The topological polar surface area (TPSA) is 88.9 Å². The molecule has 0 atom stereocenters. The minimum Gasteiger partial charge on any atom is -0.341 e. The molecule has 0 aliphatic heterocycles. The Morgan fingerprint density at radius 1 is 1.30 bits per heavy atom. The Bertz CT molecular complexity index is 714. The lowest BCUT2D eigenvalue weighted by molar-refractivity contribution is -0.119. The Morgan fingerprint density at radius 3 is 2.78 bits per heavy atom. The van der Waals surface area contributed by atoms with Gasteiger partial charge in [-0.1, -0.05) is 29.5 Å². The van der Waals surface area contributed by atoms with E-state index in [0.717, 1.165) is 11.3 Å². The Kier molecular flexibility index (Phi) is 5.75. The zero-order valence-electron chi connectivity index (χ0n) is 13.3. The van der Waals surface area contributed by atoms with Crippen LogP contribution in [0.4, 0.5) is 4.79 Å². The molecule has 2 rings (SSSR count). The lowest BCUT2D eigenvalue weighted by atomic mass is 10.1. The number of urea groups is 1. The highest BCUT2D eigenvalue weighted by atomic mass is 32.2. The van der Waals surface area contributed by atoms with Crippen LogP contribution in [0.2, 0.25) is 0 Å². The van der Waals surface area contributed by atoms with Crippen LogP contribution in [0.1, 0.15) is 17.5 Å². The highest BCUT2D eigenvalue weighted by Crippen LogP contribution is 2.22. The summed E-state index contributed by atoms with van der Waals surface area (Å²) in [5, 5.41) is 13.3. The van der Waals surface area contributed by atoms with Gasteiger partial charge in [-0.05, 0) is 25.5 Å². The third-order valence-electron chi connectivity index (χ3n) is 3.17. The number of aromatic nitrogens is 3. The summed E-state index contributed by atoms with van der Waals surface area (Å²) in [5.74, 6) is 0.182. The van der Waals surface area contributed by atoms with E-state index < -0.39 is 6.03 Å². The fourth-order valence-corrected chi connectivity index (χ4v) is 2.91. The third-order valence-corrected chi connectivity index (χ3v) is 4.11. The molecule has 1 aromatic heterocycles. The molecule has 0 saturated heterocycles. The summed E-state index contributed by atoms with van der Waals surface area (Å²) in [6, 6.07) is 5.66. The van der Waals surface area contributed by atoms with Crippen molar-refractivity contribution < 1.29 is 9.59 Å². The van der Waals surface area contributed by atoms with E-state index in [1.165, 1.54) is 24.4 Å². The average molecular weight is 333 g/mol. The largest absolute Gasteiger partial charge is 0.341 e. The molecule has 0 aliphatic rings. The number of thioether (sulfide) groups is 1. The molecular formula is C15H19N5O2S. The van der Waals surface area contributed by atoms with Gasteiger partial charge in [0, 0.05) is 19.2 Å². The first-order valence-corrected chi connectivity index (χ1v) is 8.12. The van der Waals surface area contributed by atoms with Gasteiger partial charge in [-0.15, -0.1) is 10.2 Å². The molecule has 0 unspecified atom stereocenters. The molecule has 8 heteroatoms. The predicted molar refractivity (Wildman–Crippen MR) is 88.8 cm³/mol. The third kappa shape index (κ3) is 4.56. The molecule has 2 aromatic rings. The molecule has 0 aliphatic carbocycles. The Morgan fingerprint density at radius 2 is 2.09 bits per heavy atom. The van der Waals surface area contributed by atoms with Crippen molar-refractivity contribution in [2.75, 3.05) is 12.8 Å². The minimum absolute atomic E-state index is 0.220. The summed E-state index contributed by atoms with van der Waals surface area (Å²) in [6.07, 6.45) is 1.88.